The average Bonchev–Trinajstić information content (AvgIpc) is 3.40. The molecular weight excluding hydrogens is 592 g/mol. The molecule has 0 aliphatic carbocycles. The summed E-state index contributed by atoms with van der Waals surface area (Å²) in [6.07, 6.45) is -2.71. The van der Waals surface area contributed by atoms with Crippen molar-refractivity contribution in [3.8, 4) is 0 Å². The number of nitrogens with one attached hydrogen (secondary N) is 1. The second kappa shape index (κ2) is 14.3. The van der Waals surface area contributed by atoms with Crippen LogP contribution in [0.4, 0.5) is 19.3 Å². The molecule has 12 heteroatoms. The lowest BCUT2D eigenvalue weighted by Gasteiger charge is -2.31. The number of carbonyl (C=O) groups excluding carboxylic acids is 2. The summed E-state index contributed by atoms with van der Waals surface area (Å²) in [7, 11) is -3.99. The van der Waals surface area contributed by atoms with Crippen molar-refractivity contribution in [1.29, 1.82) is 0 Å². The summed E-state index contributed by atoms with van der Waals surface area (Å²) >= 11 is 0. The third-order valence-corrected chi connectivity index (χ3v) is 9.52. The number of rotatable bonds is 13. The Morgan fingerprint density at radius 2 is 1.75 bits per heavy atom. The van der Waals surface area contributed by atoms with E-state index in [1.54, 1.807) is 24.3 Å². The summed E-state index contributed by atoms with van der Waals surface area (Å²) in [5.41, 5.74) is 1.70. The van der Waals surface area contributed by atoms with E-state index in [1.165, 1.54) is 22.5 Å². The van der Waals surface area contributed by atoms with Crippen molar-refractivity contribution in [2.45, 2.75) is 56.8 Å². The van der Waals surface area contributed by atoms with Crippen molar-refractivity contribution in [2.24, 2.45) is 5.92 Å². The van der Waals surface area contributed by atoms with Crippen LogP contribution in [0.15, 0.2) is 77.7 Å². The number of amides is 2. The second-order valence-electron chi connectivity index (χ2n) is 11.1. The van der Waals surface area contributed by atoms with E-state index in [-0.39, 0.29) is 42.6 Å². The SMILES string of the molecule is CC[C@H](C)CN(C[C@@H](O)[C@H](Cc1ccccc1)NC(=O)[C@@H]1CN(c2ccc(F)c(F)c2)C(=O)O1)S(=O)(=O)c1ccc(C)cc1. The molecule has 1 heterocycles. The Kier molecular flexibility index (Phi) is 10.7. The summed E-state index contributed by atoms with van der Waals surface area (Å²) < 4.78 is 61.1. The molecule has 3 aromatic rings. The van der Waals surface area contributed by atoms with Crippen molar-refractivity contribution >= 4 is 27.7 Å². The number of carbonyl (C=O) groups is 2. The lowest BCUT2D eigenvalue weighted by atomic mass is 10.0. The third-order valence-electron chi connectivity index (χ3n) is 7.67. The average molecular weight is 630 g/mol. The number of aliphatic hydroxyl groups excluding tert-OH is 1. The molecule has 1 saturated heterocycles. The number of halogens is 2. The van der Waals surface area contributed by atoms with Gasteiger partial charge in [0.2, 0.25) is 10.0 Å². The fourth-order valence-electron chi connectivity index (χ4n) is 4.83. The van der Waals surface area contributed by atoms with Gasteiger partial charge in [0.1, 0.15) is 0 Å². The Bertz CT molecular complexity index is 1560. The van der Waals surface area contributed by atoms with E-state index in [9.17, 15) is 31.9 Å². The van der Waals surface area contributed by atoms with Gasteiger partial charge in [0.15, 0.2) is 17.7 Å². The molecule has 236 valence electrons. The molecule has 2 N–H and O–H groups in total. The molecule has 0 saturated carbocycles. The van der Waals surface area contributed by atoms with Crippen molar-refractivity contribution in [3.05, 3.63) is 95.6 Å². The number of anilines is 1. The Hall–Kier alpha value is -3.87. The number of hydrogen-bond acceptors (Lipinski definition) is 6. The van der Waals surface area contributed by atoms with Crippen LogP contribution in [0.1, 0.15) is 31.4 Å². The molecular formula is C32H37F2N3O6S. The molecule has 1 aliphatic rings. The van der Waals surface area contributed by atoms with Gasteiger partial charge in [-0.1, -0.05) is 68.3 Å². The zero-order valence-corrected chi connectivity index (χ0v) is 25.6. The minimum atomic E-state index is -3.99. The smallest absolute Gasteiger partial charge is 0.415 e. The highest BCUT2D eigenvalue weighted by Gasteiger charge is 2.39. The summed E-state index contributed by atoms with van der Waals surface area (Å²) in [5, 5.41) is 14.2. The Morgan fingerprint density at radius 1 is 1.07 bits per heavy atom. The maximum Gasteiger partial charge on any atom is 0.415 e. The van der Waals surface area contributed by atoms with Crippen molar-refractivity contribution in [1.82, 2.24) is 9.62 Å². The van der Waals surface area contributed by atoms with E-state index in [4.69, 9.17) is 4.74 Å². The van der Waals surface area contributed by atoms with Crippen LogP contribution in [-0.4, -0.2) is 67.7 Å². The highest BCUT2D eigenvalue weighted by molar-refractivity contribution is 7.89. The van der Waals surface area contributed by atoms with Gasteiger partial charge in [-0.3, -0.25) is 9.69 Å². The molecule has 1 fully saturated rings. The quantitative estimate of drug-likeness (QED) is 0.289. The monoisotopic (exact) mass is 629 g/mol. The Labute approximate surface area is 256 Å². The second-order valence-corrected chi connectivity index (χ2v) is 13.0. The highest BCUT2D eigenvalue weighted by atomic mass is 32.2. The van der Waals surface area contributed by atoms with Crippen LogP contribution in [0, 0.1) is 24.5 Å². The van der Waals surface area contributed by atoms with Crippen LogP contribution in [0.2, 0.25) is 0 Å². The molecule has 4 rings (SSSR count). The first-order valence-corrected chi connectivity index (χ1v) is 15.9. The zero-order valence-electron chi connectivity index (χ0n) is 24.8. The van der Waals surface area contributed by atoms with E-state index < -0.39 is 51.9 Å². The van der Waals surface area contributed by atoms with Crippen molar-refractivity contribution in [3.63, 3.8) is 0 Å². The predicted molar refractivity (Wildman–Crippen MR) is 161 cm³/mol. The van der Waals surface area contributed by atoms with Crippen LogP contribution in [0.3, 0.4) is 0 Å². The van der Waals surface area contributed by atoms with Crippen molar-refractivity contribution < 1.29 is 36.6 Å². The number of hydrogen-bond donors (Lipinski definition) is 2. The van der Waals surface area contributed by atoms with Crippen LogP contribution in [-0.2, 0) is 26.0 Å². The van der Waals surface area contributed by atoms with Gasteiger partial charge in [-0.05, 0) is 49.1 Å². The summed E-state index contributed by atoms with van der Waals surface area (Å²) in [4.78, 5) is 27.0. The van der Waals surface area contributed by atoms with Crippen LogP contribution in [0.5, 0.6) is 0 Å². The summed E-state index contributed by atoms with van der Waals surface area (Å²) in [5.74, 6) is -2.97. The fraction of sp³-hybridized carbons (Fsp3) is 0.375. The summed E-state index contributed by atoms with van der Waals surface area (Å²) in [6, 6.07) is 17.4. The lowest BCUT2D eigenvalue weighted by molar-refractivity contribution is -0.129. The maximum atomic E-state index is 13.8. The molecule has 3 aromatic carbocycles. The number of benzene rings is 3. The number of sulfonamides is 1. The van der Waals surface area contributed by atoms with Gasteiger partial charge in [-0.25, -0.2) is 22.0 Å². The third kappa shape index (κ3) is 7.99. The van der Waals surface area contributed by atoms with E-state index in [1.807, 2.05) is 39.0 Å². The number of aryl methyl sites for hydroxylation is 1. The maximum absolute atomic E-state index is 13.8. The van der Waals surface area contributed by atoms with Crippen LogP contribution < -0.4 is 10.2 Å². The van der Waals surface area contributed by atoms with Gasteiger partial charge in [0, 0.05) is 19.2 Å². The topological polar surface area (TPSA) is 116 Å². The Balaban J connectivity index is 1.56. The van der Waals surface area contributed by atoms with Gasteiger partial charge < -0.3 is 15.2 Å². The minimum Gasteiger partial charge on any atom is -0.434 e. The molecule has 1 aliphatic heterocycles. The molecule has 0 unspecified atom stereocenters. The Morgan fingerprint density at radius 3 is 2.39 bits per heavy atom. The van der Waals surface area contributed by atoms with Crippen molar-refractivity contribution in [2.75, 3.05) is 24.5 Å². The zero-order chi connectivity index (χ0) is 32.0. The normalized spacial score (nSPS) is 17.3. The van der Waals surface area contributed by atoms with E-state index in [2.05, 4.69) is 5.32 Å². The molecule has 0 spiro atoms. The minimum absolute atomic E-state index is 0.00947. The van der Waals surface area contributed by atoms with E-state index >= 15 is 0 Å². The number of ether oxygens (including phenoxy) is 1. The van der Waals surface area contributed by atoms with Gasteiger partial charge >= 0.3 is 6.09 Å². The predicted octanol–water partition coefficient (Wildman–Crippen LogP) is 4.42. The molecule has 44 heavy (non-hydrogen) atoms. The van der Waals surface area contributed by atoms with Gasteiger partial charge in [-0.2, -0.15) is 4.31 Å². The summed E-state index contributed by atoms with van der Waals surface area (Å²) in [6.45, 7) is 5.30. The van der Waals surface area contributed by atoms with E-state index in [0.717, 1.165) is 28.2 Å². The molecule has 2 amide bonds. The first-order chi connectivity index (χ1) is 20.9. The molecule has 0 radical (unpaired) electrons. The number of nitrogens with zero attached hydrogens (tertiary/aromatic N) is 2. The molecule has 0 aromatic heterocycles. The number of cyclic esters (lactones) is 1. The lowest BCUT2D eigenvalue weighted by Crippen LogP contribution is -2.53. The van der Waals surface area contributed by atoms with Crippen LogP contribution >= 0.6 is 0 Å². The number of aliphatic hydroxyl groups is 1. The first kappa shape index (κ1) is 33.0. The van der Waals surface area contributed by atoms with Gasteiger partial charge in [-0.15, -0.1) is 0 Å². The fourth-order valence-corrected chi connectivity index (χ4v) is 6.41. The van der Waals surface area contributed by atoms with Gasteiger partial charge in [0.25, 0.3) is 5.91 Å². The molecule has 4 atom stereocenters. The largest absolute Gasteiger partial charge is 0.434 e. The molecule has 0 bridgehead atoms. The first-order valence-electron chi connectivity index (χ1n) is 14.4. The standard InChI is InChI=1S/C32H37F2N3O6S/c1-4-21(2)18-36(44(41,42)25-13-10-22(3)11-14-25)19-29(38)28(16-23-8-6-5-7-9-23)35-31(39)30-20-37(32(40)43-30)24-12-15-26(33)27(34)17-24/h5-15,17,21,28-30,38H,4,16,18-20H2,1-3H3,(H,35,39)/t21-,28-,29+,30-/m0/s1. The molecule has 9 nitrogen and oxygen atoms in total. The van der Waals surface area contributed by atoms with E-state index in [0.29, 0.717) is 6.42 Å². The van der Waals surface area contributed by atoms with Crippen LogP contribution in [0.25, 0.3) is 0 Å². The highest BCUT2D eigenvalue weighted by Crippen LogP contribution is 2.25. The van der Waals surface area contributed by atoms with Gasteiger partial charge in [0.05, 0.1) is 29.3 Å².